The van der Waals surface area contributed by atoms with E-state index in [0.717, 1.165) is 30.7 Å². The zero-order chi connectivity index (χ0) is 29.6. The van der Waals surface area contributed by atoms with E-state index < -0.39 is 54.6 Å². The Morgan fingerprint density at radius 2 is 1.45 bits per heavy atom. The normalized spacial score (nSPS) is 22.4. The van der Waals surface area contributed by atoms with E-state index in [1.165, 1.54) is 19.4 Å². The van der Waals surface area contributed by atoms with Gasteiger partial charge in [0.25, 0.3) is 0 Å². The molecule has 1 aromatic carbocycles. The molecule has 12 heteroatoms. The minimum atomic E-state index is -1.37. The van der Waals surface area contributed by atoms with Crippen LogP contribution in [0.25, 0.3) is 0 Å². The number of nitrogens with one attached hydrogen (secondary N) is 1. The molecule has 0 aliphatic carbocycles. The summed E-state index contributed by atoms with van der Waals surface area (Å²) < 4.78 is 33.6. The number of nitrogens with zero attached hydrogens (tertiary/aromatic N) is 1. The van der Waals surface area contributed by atoms with Crippen molar-refractivity contribution in [1.29, 1.82) is 0 Å². The first kappa shape index (κ1) is 30.6. The molecule has 1 unspecified atom stereocenters. The van der Waals surface area contributed by atoms with E-state index in [0.29, 0.717) is 12.3 Å². The second-order valence-electron chi connectivity index (χ2n) is 9.89. The first-order chi connectivity index (χ1) is 18.8. The highest BCUT2D eigenvalue weighted by Crippen LogP contribution is 2.32. The fourth-order valence-corrected chi connectivity index (χ4v) is 4.35. The van der Waals surface area contributed by atoms with Crippen molar-refractivity contribution in [2.45, 2.75) is 91.5 Å². The Balaban J connectivity index is 1.97. The zero-order valence-corrected chi connectivity index (χ0v) is 23.7. The topological polar surface area (TPSA) is 152 Å². The van der Waals surface area contributed by atoms with E-state index in [2.05, 4.69) is 36.2 Å². The number of rotatable bonds is 10. The molecule has 3 rings (SSSR count). The van der Waals surface area contributed by atoms with E-state index in [1.54, 1.807) is 0 Å². The lowest BCUT2D eigenvalue weighted by Crippen LogP contribution is -2.63. The van der Waals surface area contributed by atoms with Crippen LogP contribution < -0.4 is 4.74 Å². The van der Waals surface area contributed by atoms with Gasteiger partial charge in [0.2, 0.25) is 18.3 Å². The Morgan fingerprint density at radius 1 is 0.875 bits per heavy atom. The van der Waals surface area contributed by atoms with E-state index in [9.17, 15) is 19.2 Å². The molecule has 40 heavy (non-hydrogen) atoms. The largest absolute Gasteiger partial charge is 0.463 e. The molecule has 0 radical (unpaired) electrons. The van der Waals surface area contributed by atoms with Gasteiger partial charge in [-0.25, -0.2) is 0 Å². The van der Waals surface area contributed by atoms with Crippen LogP contribution in [-0.4, -0.2) is 71.4 Å². The summed E-state index contributed by atoms with van der Waals surface area (Å²) in [5, 5.41) is 7.17. The molecule has 0 saturated carbocycles. The lowest BCUT2D eigenvalue weighted by molar-refractivity contribution is -0.289. The van der Waals surface area contributed by atoms with E-state index in [-0.39, 0.29) is 12.5 Å². The summed E-state index contributed by atoms with van der Waals surface area (Å²) in [5.74, 6) is -2.21. The lowest BCUT2D eigenvalue weighted by atomic mass is 9.98. The molecule has 1 N–H and O–H groups in total. The number of aromatic nitrogens is 2. The molecule has 218 valence electrons. The number of hydrogen-bond donors (Lipinski definition) is 1. The molecule has 0 bridgehead atoms. The van der Waals surface area contributed by atoms with E-state index >= 15 is 0 Å². The van der Waals surface area contributed by atoms with Gasteiger partial charge in [-0.3, -0.25) is 24.3 Å². The Hall–Kier alpha value is -3.93. The van der Waals surface area contributed by atoms with Gasteiger partial charge in [-0.05, 0) is 24.0 Å². The van der Waals surface area contributed by atoms with Gasteiger partial charge in [-0.1, -0.05) is 38.1 Å². The Morgan fingerprint density at radius 3 is 2.00 bits per heavy atom. The van der Waals surface area contributed by atoms with Crippen LogP contribution in [0, 0.1) is 6.92 Å². The van der Waals surface area contributed by atoms with Crippen LogP contribution in [0.3, 0.4) is 0 Å². The standard InChI is InChI=1S/C28H36N2O10/c1-14(2)21-10-8-20(9-11-21)12-22-15(3)29-30-27(22)40-28-26(38-19(7)34)25(37-18(6)33)24(36-17(5)32)23(39-28)13-35-16(4)31/h8-11,14,23-26,28H,12-13H2,1-7H3,(H,29,30)/t23-,24-,25+,26-,28?/m1/s1. The minimum absolute atomic E-state index is 0.173. The predicted octanol–water partition coefficient (Wildman–Crippen LogP) is 2.89. The summed E-state index contributed by atoms with van der Waals surface area (Å²) in [4.78, 5) is 47.6. The molecule has 0 amide bonds. The summed E-state index contributed by atoms with van der Waals surface area (Å²) in [5.41, 5.74) is 3.70. The molecule has 1 aromatic heterocycles. The van der Waals surface area contributed by atoms with Crippen LogP contribution >= 0.6 is 0 Å². The molecule has 1 fully saturated rings. The molecular formula is C28H36N2O10. The maximum Gasteiger partial charge on any atom is 0.303 e. The summed E-state index contributed by atoms with van der Waals surface area (Å²) in [6.07, 6.45) is -5.98. The maximum atomic E-state index is 12.1. The third-order valence-corrected chi connectivity index (χ3v) is 6.24. The highest BCUT2D eigenvalue weighted by molar-refractivity contribution is 5.68. The quantitative estimate of drug-likeness (QED) is 0.337. The second-order valence-corrected chi connectivity index (χ2v) is 9.89. The Bertz CT molecular complexity index is 1210. The van der Waals surface area contributed by atoms with E-state index in [4.69, 9.17) is 28.4 Å². The molecule has 0 spiro atoms. The van der Waals surface area contributed by atoms with Gasteiger partial charge in [-0.15, -0.1) is 5.10 Å². The fourth-order valence-electron chi connectivity index (χ4n) is 4.35. The maximum absolute atomic E-state index is 12.1. The van der Waals surface area contributed by atoms with Gasteiger partial charge in [0.1, 0.15) is 12.7 Å². The lowest BCUT2D eigenvalue weighted by Gasteiger charge is -2.43. The van der Waals surface area contributed by atoms with Crippen molar-refractivity contribution in [2.75, 3.05) is 6.61 Å². The predicted molar refractivity (Wildman–Crippen MR) is 139 cm³/mol. The molecular weight excluding hydrogens is 524 g/mol. The van der Waals surface area contributed by atoms with Crippen molar-refractivity contribution >= 4 is 23.9 Å². The average molecular weight is 561 g/mol. The second kappa shape index (κ2) is 13.4. The van der Waals surface area contributed by atoms with Crippen molar-refractivity contribution < 1.29 is 47.6 Å². The van der Waals surface area contributed by atoms with Crippen molar-refractivity contribution in [1.82, 2.24) is 10.2 Å². The smallest absolute Gasteiger partial charge is 0.303 e. The Kier molecular flexibility index (Phi) is 10.3. The summed E-state index contributed by atoms with van der Waals surface area (Å²) in [6.45, 7) is 10.4. The number of esters is 4. The van der Waals surface area contributed by atoms with Crippen molar-refractivity contribution in [2.24, 2.45) is 0 Å². The Labute approximate surface area is 232 Å². The van der Waals surface area contributed by atoms with Crippen LogP contribution in [0.2, 0.25) is 0 Å². The number of H-pyrrole nitrogens is 1. The summed E-state index contributed by atoms with van der Waals surface area (Å²) in [6, 6.07) is 8.19. The molecule has 2 aromatic rings. The SMILES string of the molecule is CC(=O)OC[C@H]1OC(Oc2n[nH]c(C)c2Cc2ccc(C(C)C)cc2)[C@H](OC(C)=O)[C@@H](OC(C)=O)[C@@H]1OC(C)=O. The molecule has 2 heterocycles. The summed E-state index contributed by atoms with van der Waals surface area (Å²) >= 11 is 0. The highest BCUT2D eigenvalue weighted by Gasteiger charge is 2.53. The number of benzene rings is 1. The number of carbonyl (C=O) groups is 4. The van der Waals surface area contributed by atoms with Crippen molar-refractivity contribution in [3.8, 4) is 5.88 Å². The molecule has 1 aliphatic heterocycles. The van der Waals surface area contributed by atoms with Gasteiger partial charge in [0.15, 0.2) is 12.2 Å². The number of aryl methyl sites for hydroxylation is 1. The average Bonchev–Trinajstić information content (AvgIpc) is 3.19. The van der Waals surface area contributed by atoms with Crippen molar-refractivity contribution in [3.05, 3.63) is 46.6 Å². The van der Waals surface area contributed by atoms with Gasteiger partial charge in [0.05, 0.1) is 0 Å². The van der Waals surface area contributed by atoms with Crippen LogP contribution in [0.1, 0.15) is 69.8 Å². The minimum Gasteiger partial charge on any atom is -0.463 e. The number of aromatic amines is 1. The number of carbonyl (C=O) groups excluding carboxylic acids is 4. The first-order valence-electron chi connectivity index (χ1n) is 13.0. The van der Waals surface area contributed by atoms with Gasteiger partial charge >= 0.3 is 23.9 Å². The fraction of sp³-hybridized carbons (Fsp3) is 0.536. The molecule has 12 nitrogen and oxygen atoms in total. The van der Waals surface area contributed by atoms with Gasteiger partial charge < -0.3 is 28.4 Å². The summed E-state index contributed by atoms with van der Waals surface area (Å²) in [7, 11) is 0. The highest BCUT2D eigenvalue weighted by atomic mass is 16.7. The molecule has 1 saturated heterocycles. The molecule has 5 atom stereocenters. The van der Waals surface area contributed by atoms with Gasteiger partial charge in [-0.2, -0.15) is 0 Å². The number of ether oxygens (including phenoxy) is 6. The van der Waals surface area contributed by atoms with E-state index in [1.807, 2.05) is 19.1 Å². The third kappa shape index (κ3) is 8.04. The van der Waals surface area contributed by atoms with Gasteiger partial charge in [0, 0.05) is 45.4 Å². The monoisotopic (exact) mass is 560 g/mol. The van der Waals surface area contributed by atoms with Crippen LogP contribution in [0.5, 0.6) is 5.88 Å². The van der Waals surface area contributed by atoms with Crippen LogP contribution in [-0.2, 0) is 49.3 Å². The molecule has 1 aliphatic rings. The zero-order valence-electron chi connectivity index (χ0n) is 23.7. The third-order valence-electron chi connectivity index (χ3n) is 6.24. The van der Waals surface area contributed by atoms with Crippen molar-refractivity contribution in [3.63, 3.8) is 0 Å². The van der Waals surface area contributed by atoms with Crippen LogP contribution in [0.15, 0.2) is 24.3 Å². The number of hydrogen-bond acceptors (Lipinski definition) is 11. The first-order valence-corrected chi connectivity index (χ1v) is 13.0. The van der Waals surface area contributed by atoms with Crippen LogP contribution in [0.4, 0.5) is 0 Å².